The van der Waals surface area contributed by atoms with Gasteiger partial charge in [0.15, 0.2) is 0 Å². The molecule has 0 amide bonds. The van der Waals surface area contributed by atoms with Crippen molar-refractivity contribution in [1.29, 1.82) is 0 Å². The molecule has 4 heteroatoms. The minimum absolute atomic E-state index is 0.119. The summed E-state index contributed by atoms with van der Waals surface area (Å²) in [5.74, 6) is 0.310. The quantitative estimate of drug-likeness (QED) is 0.840. The van der Waals surface area contributed by atoms with E-state index < -0.39 is 6.10 Å². The first-order chi connectivity index (χ1) is 7.04. The number of thiazole rings is 1. The lowest BCUT2D eigenvalue weighted by Crippen LogP contribution is -2.34. The van der Waals surface area contributed by atoms with E-state index in [1.807, 2.05) is 26.2 Å². The number of hydrogen-bond acceptors (Lipinski definition) is 4. The summed E-state index contributed by atoms with van der Waals surface area (Å²) in [6, 6.07) is 0. The molecule has 2 atom stereocenters. The van der Waals surface area contributed by atoms with E-state index in [-0.39, 0.29) is 6.10 Å². The summed E-state index contributed by atoms with van der Waals surface area (Å²) in [5, 5.41) is 13.0. The molecular formula is C11H19NO2S. The van der Waals surface area contributed by atoms with Gasteiger partial charge in [0, 0.05) is 18.9 Å². The Morgan fingerprint density at radius 3 is 2.60 bits per heavy atom. The highest BCUT2D eigenvalue weighted by Crippen LogP contribution is 2.16. The average molecular weight is 229 g/mol. The van der Waals surface area contributed by atoms with Crippen LogP contribution in [0.5, 0.6) is 0 Å². The number of nitrogens with zero attached hydrogens (tertiary/aromatic N) is 1. The van der Waals surface area contributed by atoms with Gasteiger partial charge in [-0.3, -0.25) is 0 Å². The molecule has 86 valence electrons. The molecule has 3 nitrogen and oxygen atoms in total. The summed E-state index contributed by atoms with van der Waals surface area (Å²) in [5.41, 5.74) is 0.952. The van der Waals surface area contributed by atoms with Gasteiger partial charge in [-0.15, -0.1) is 11.3 Å². The molecule has 0 aliphatic heterocycles. The van der Waals surface area contributed by atoms with Crippen molar-refractivity contribution >= 4 is 11.3 Å². The zero-order chi connectivity index (χ0) is 11.4. The van der Waals surface area contributed by atoms with Crippen LogP contribution in [0.1, 0.15) is 24.5 Å². The van der Waals surface area contributed by atoms with E-state index in [1.165, 1.54) is 0 Å². The van der Waals surface area contributed by atoms with E-state index in [2.05, 4.69) is 4.98 Å². The van der Waals surface area contributed by atoms with Gasteiger partial charge < -0.3 is 9.84 Å². The Morgan fingerprint density at radius 2 is 2.20 bits per heavy atom. The number of methoxy groups -OCH3 is 1. The summed E-state index contributed by atoms with van der Waals surface area (Å²) in [6.07, 6.45) is -0.0235. The highest BCUT2D eigenvalue weighted by Gasteiger charge is 2.23. The van der Waals surface area contributed by atoms with Gasteiger partial charge in [-0.05, 0) is 12.8 Å². The van der Waals surface area contributed by atoms with Gasteiger partial charge in [-0.25, -0.2) is 4.98 Å². The molecule has 0 saturated carbocycles. The third-order valence-corrected chi connectivity index (χ3v) is 3.22. The van der Waals surface area contributed by atoms with Crippen molar-refractivity contribution in [3.05, 3.63) is 16.1 Å². The van der Waals surface area contributed by atoms with E-state index in [1.54, 1.807) is 18.4 Å². The van der Waals surface area contributed by atoms with E-state index in [0.717, 1.165) is 10.7 Å². The Labute approximate surface area is 95.1 Å². The molecule has 1 N–H and O–H groups in total. The predicted molar refractivity (Wildman–Crippen MR) is 62.2 cm³/mol. The molecule has 15 heavy (non-hydrogen) atoms. The van der Waals surface area contributed by atoms with Crippen LogP contribution in [-0.2, 0) is 11.2 Å². The molecule has 0 bridgehead atoms. The van der Waals surface area contributed by atoms with Crippen molar-refractivity contribution < 1.29 is 9.84 Å². The lowest BCUT2D eigenvalue weighted by atomic mass is 9.98. The SMILES string of the molecule is COC(C(C)C)C(O)Cc1csc(C)n1. The Hall–Kier alpha value is -0.450. The highest BCUT2D eigenvalue weighted by molar-refractivity contribution is 7.09. The fraction of sp³-hybridized carbons (Fsp3) is 0.727. The number of aryl methyl sites for hydroxylation is 1. The number of aromatic nitrogens is 1. The zero-order valence-corrected chi connectivity index (χ0v) is 10.5. The number of rotatable bonds is 5. The summed E-state index contributed by atoms with van der Waals surface area (Å²) in [4.78, 5) is 4.33. The summed E-state index contributed by atoms with van der Waals surface area (Å²) in [7, 11) is 1.64. The first-order valence-electron chi connectivity index (χ1n) is 5.16. The van der Waals surface area contributed by atoms with Crippen LogP contribution in [0.4, 0.5) is 0 Å². The Kier molecular flexibility index (Phi) is 4.70. The van der Waals surface area contributed by atoms with Gasteiger partial charge in [0.1, 0.15) is 0 Å². The van der Waals surface area contributed by atoms with Crippen LogP contribution in [0.25, 0.3) is 0 Å². The van der Waals surface area contributed by atoms with Gasteiger partial charge in [0.05, 0.1) is 22.9 Å². The van der Waals surface area contributed by atoms with Gasteiger partial charge in [-0.2, -0.15) is 0 Å². The van der Waals surface area contributed by atoms with Crippen molar-refractivity contribution in [2.24, 2.45) is 5.92 Å². The van der Waals surface area contributed by atoms with Crippen LogP contribution in [0.2, 0.25) is 0 Å². The van der Waals surface area contributed by atoms with Crippen molar-refractivity contribution in [2.45, 2.75) is 39.4 Å². The zero-order valence-electron chi connectivity index (χ0n) is 9.73. The van der Waals surface area contributed by atoms with Crippen molar-refractivity contribution in [3.63, 3.8) is 0 Å². The van der Waals surface area contributed by atoms with Crippen LogP contribution < -0.4 is 0 Å². The summed E-state index contributed by atoms with van der Waals surface area (Å²) >= 11 is 1.61. The fourth-order valence-electron chi connectivity index (χ4n) is 1.71. The lowest BCUT2D eigenvalue weighted by molar-refractivity contribution is -0.0371. The Bertz CT molecular complexity index is 299. The Morgan fingerprint density at radius 1 is 1.53 bits per heavy atom. The van der Waals surface area contributed by atoms with Crippen LogP contribution in [0, 0.1) is 12.8 Å². The first kappa shape index (κ1) is 12.6. The van der Waals surface area contributed by atoms with Crippen molar-refractivity contribution in [3.8, 4) is 0 Å². The maximum absolute atomic E-state index is 9.98. The van der Waals surface area contributed by atoms with Crippen LogP contribution >= 0.6 is 11.3 Å². The second-order valence-electron chi connectivity index (χ2n) is 4.07. The van der Waals surface area contributed by atoms with Crippen LogP contribution in [0.3, 0.4) is 0 Å². The van der Waals surface area contributed by atoms with E-state index in [0.29, 0.717) is 12.3 Å². The molecule has 0 aromatic carbocycles. The number of aliphatic hydroxyl groups excluding tert-OH is 1. The van der Waals surface area contributed by atoms with Gasteiger partial charge in [-0.1, -0.05) is 13.8 Å². The molecule has 0 aliphatic carbocycles. The summed E-state index contributed by atoms with van der Waals surface area (Å²) in [6.45, 7) is 6.06. The molecule has 0 aliphatic rings. The molecule has 1 aromatic rings. The maximum Gasteiger partial charge on any atom is 0.0897 e. The van der Waals surface area contributed by atoms with Crippen molar-refractivity contribution in [2.75, 3.05) is 7.11 Å². The molecule has 0 saturated heterocycles. The Balaban J connectivity index is 2.57. The standard InChI is InChI=1S/C11H19NO2S/c1-7(2)11(14-4)10(13)5-9-6-15-8(3)12-9/h6-7,10-11,13H,5H2,1-4H3. The minimum atomic E-state index is -0.475. The number of hydrogen-bond donors (Lipinski definition) is 1. The topological polar surface area (TPSA) is 42.4 Å². The lowest BCUT2D eigenvalue weighted by Gasteiger charge is -2.24. The highest BCUT2D eigenvalue weighted by atomic mass is 32.1. The first-order valence-corrected chi connectivity index (χ1v) is 6.04. The minimum Gasteiger partial charge on any atom is -0.390 e. The fourth-order valence-corrected chi connectivity index (χ4v) is 2.33. The van der Waals surface area contributed by atoms with Crippen LogP contribution in [-0.4, -0.2) is 29.4 Å². The van der Waals surface area contributed by atoms with Gasteiger partial charge >= 0.3 is 0 Å². The smallest absolute Gasteiger partial charge is 0.0897 e. The molecule has 1 aromatic heterocycles. The molecule has 0 radical (unpaired) electrons. The maximum atomic E-state index is 9.98. The van der Waals surface area contributed by atoms with E-state index >= 15 is 0 Å². The van der Waals surface area contributed by atoms with E-state index in [4.69, 9.17) is 4.74 Å². The normalized spacial score (nSPS) is 15.6. The van der Waals surface area contributed by atoms with Gasteiger partial charge in [0.25, 0.3) is 0 Å². The molecule has 1 heterocycles. The number of aliphatic hydroxyl groups is 1. The predicted octanol–water partition coefficient (Wildman–Crippen LogP) is 2.03. The second kappa shape index (κ2) is 5.58. The molecule has 0 spiro atoms. The molecule has 1 rings (SSSR count). The van der Waals surface area contributed by atoms with Gasteiger partial charge in [0.2, 0.25) is 0 Å². The van der Waals surface area contributed by atoms with E-state index in [9.17, 15) is 5.11 Å². The second-order valence-corrected chi connectivity index (χ2v) is 5.14. The van der Waals surface area contributed by atoms with Crippen LogP contribution in [0.15, 0.2) is 5.38 Å². The third-order valence-electron chi connectivity index (χ3n) is 2.39. The summed E-state index contributed by atoms with van der Waals surface area (Å²) < 4.78 is 5.28. The largest absolute Gasteiger partial charge is 0.390 e. The molecule has 2 unspecified atom stereocenters. The third kappa shape index (κ3) is 3.55. The monoisotopic (exact) mass is 229 g/mol. The number of ether oxygens (including phenoxy) is 1. The average Bonchev–Trinajstić information content (AvgIpc) is 2.51. The molecule has 0 fully saturated rings. The van der Waals surface area contributed by atoms with Crippen molar-refractivity contribution in [1.82, 2.24) is 4.98 Å². The molecular weight excluding hydrogens is 210 g/mol.